The Morgan fingerprint density at radius 3 is 2.19 bits per heavy atom. The molecule has 0 unspecified atom stereocenters. The number of nitrogens with zero attached hydrogens (tertiary/aromatic N) is 1. The van der Waals surface area contributed by atoms with Gasteiger partial charge in [-0.25, -0.2) is 4.79 Å². The highest BCUT2D eigenvalue weighted by molar-refractivity contribution is 5.76. The number of carbonyl (C=O) groups is 2. The molecule has 0 radical (unpaired) electrons. The van der Waals surface area contributed by atoms with Gasteiger partial charge in [0.2, 0.25) is 5.91 Å². The van der Waals surface area contributed by atoms with Crippen molar-refractivity contribution in [2.45, 2.75) is 76.8 Å². The lowest BCUT2D eigenvalue weighted by Crippen LogP contribution is -2.51. The molecule has 2 rings (SSSR count). The van der Waals surface area contributed by atoms with Crippen molar-refractivity contribution in [3.8, 4) is 0 Å². The summed E-state index contributed by atoms with van der Waals surface area (Å²) in [5, 5.41) is 6.23. The van der Waals surface area contributed by atoms with E-state index in [1.807, 2.05) is 11.8 Å². The molecule has 1 heterocycles. The Kier molecular flexibility index (Phi) is 6.33. The van der Waals surface area contributed by atoms with Gasteiger partial charge in [0.05, 0.1) is 0 Å². The van der Waals surface area contributed by atoms with Crippen LogP contribution in [0.5, 0.6) is 0 Å². The quantitative estimate of drug-likeness (QED) is 0.836. The molecule has 2 fully saturated rings. The molecule has 1 aliphatic heterocycles. The van der Waals surface area contributed by atoms with Crippen molar-refractivity contribution in [3.63, 3.8) is 0 Å². The molecular formula is C16H29N3O2. The summed E-state index contributed by atoms with van der Waals surface area (Å²) in [5.41, 5.74) is 0. The molecule has 0 spiro atoms. The summed E-state index contributed by atoms with van der Waals surface area (Å²) in [6.07, 6.45) is 9.23. The number of piperidine rings is 1. The van der Waals surface area contributed by atoms with Crippen molar-refractivity contribution in [2.24, 2.45) is 0 Å². The minimum atomic E-state index is 0.0836. The molecule has 120 valence electrons. The SMILES string of the molecule is CCCC(=O)NC1CCN(C(=O)NC2CCCCC2)CC1. The Morgan fingerprint density at radius 2 is 1.57 bits per heavy atom. The zero-order valence-corrected chi connectivity index (χ0v) is 13.2. The van der Waals surface area contributed by atoms with Crippen LogP contribution >= 0.6 is 0 Å². The molecule has 1 saturated carbocycles. The largest absolute Gasteiger partial charge is 0.353 e. The summed E-state index contributed by atoms with van der Waals surface area (Å²) < 4.78 is 0. The molecule has 1 saturated heterocycles. The third-order valence-electron chi connectivity index (χ3n) is 4.56. The highest BCUT2D eigenvalue weighted by Crippen LogP contribution is 2.18. The molecule has 0 bridgehead atoms. The van der Waals surface area contributed by atoms with Gasteiger partial charge in [-0.2, -0.15) is 0 Å². The zero-order valence-electron chi connectivity index (χ0n) is 13.2. The van der Waals surface area contributed by atoms with Gasteiger partial charge >= 0.3 is 6.03 Å². The van der Waals surface area contributed by atoms with Gasteiger partial charge in [-0.15, -0.1) is 0 Å². The minimum Gasteiger partial charge on any atom is -0.353 e. The monoisotopic (exact) mass is 295 g/mol. The highest BCUT2D eigenvalue weighted by Gasteiger charge is 2.25. The predicted molar refractivity (Wildman–Crippen MR) is 83.1 cm³/mol. The Labute approximate surface area is 127 Å². The molecule has 5 heteroatoms. The van der Waals surface area contributed by atoms with Gasteiger partial charge in [0, 0.05) is 31.6 Å². The van der Waals surface area contributed by atoms with Gasteiger partial charge in [0.15, 0.2) is 0 Å². The fourth-order valence-corrected chi connectivity index (χ4v) is 3.27. The van der Waals surface area contributed by atoms with Crippen LogP contribution in [0.1, 0.15) is 64.7 Å². The maximum atomic E-state index is 12.2. The van der Waals surface area contributed by atoms with Crippen LogP contribution in [-0.4, -0.2) is 42.0 Å². The molecular weight excluding hydrogens is 266 g/mol. The molecule has 0 atom stereocenters. The molecule has 3 amide bonds. The van der Waals surface area contributed by atoms with Crippen LogP contribution in [0.4, 0.5) is 4.79 Å². The van der Waals surface area contributed by atoms with Crippen molar-refractivity contribution in [3.05, 3.63) is 0 Å². The minimum absolute atomic E-state index is 0.0836. The van der Waals surface area contributed by atoms with Gasteiger partial charge in [0.1, 0.15) is 0 Å². The Morgan fingerprint density at radius 1 is 0.952 bits per heavy atom. The number of nitrogens with one attached hydrogen (secondary N) is 2. The summed E-state index contributed by atoms with van der Waals surface area (Å²) in [4.78, 5) is 25.7. The summed E-state index contributed by atoms with van der Waals surface area (Å²) in [5.74, 6) is 0.141. The molecule has 1 aliphatic carbocycles. The number of likely N-dealkylation sites (tertiary alicyclic amines) is 1. The lowest BCUT2D eigenvalue weighted by Gasteiger charge is -2.34. The van der Waals surface area contributed by atoms with E-state index in [-0.39, 0.29) is 18.0 Å². The normalized spacial score (nSPS) is 21.1. The first-order chi connectivity index (χ1) is 10.2. The van der Waals surface area contributed by atoms with E-state index in [0.717, 1.165) is 45.2 Å². The Bertz CT molecular complexity index is 345. The van der Waals surface area contributed by atoms with Crippen LogP contribution in [0.2, 0.25) is 0 Å². The summed E-state index contributed by atoms with van der Waals surface area (Å²) in [7, 11) is 0. The van der Waals surface area contributed by atoms with E-state index < -0.39 is 0 Å². The predicted octanol–water partition coefficient (Wildman–Crippen LogP) is 2.41. The molecule has 0 aromatic heterocycles. The van der Waals surface area contributed by atoms with E-state index in [1.165, 1.54) is 19.3 Å². The number of amides is 3. The maximum Gasteiger partial charge on any atom is 0.317 e. The van der Waals surface area contributed by atoms with Crippen LogP contribution < -0.4 is 10.6 Å². The Hall–Kier alpha value is -1.26. The van der Waals surface area contributed by atoms with Crippen LogP contribution in [-0.2, 0) is 4.79 Å². The van der Waals surface area contributed by atoms with E-state index in [1.54, 1.807) is 0 Å². The van der Waals surface area contributed by atoms with E-state index in [4.69, 9.17) is 0 Å². The number of carbonyl (C=O) groups excluding carboxylic acids is 2. The van der Waals surface area contributed by atoms with Gasteiger partial charge in [-0.05, 0) is 32.1 Å². The molecule has 21 heavy (non-hydrogen) atoms. The van der Waals surface area contributed by atoms with E-state index in [2.05, 4.69) is 10.6 Å². The van der Waals surface area contributed by atoms with E-state index >= 15 is 0 Å². The van der Waals surface area contributed by atoms with Crippen molar-refractivity contribution in [1.82, 2.24) is 15.5 Å². The van der Waals surface area contributed by atoms with E-state index in [0.29, 0.717) is 12.5 Å². The summed E-state index contributed by atoms with van der Waals surface area (Å²) in [6.45, 7) is 3.50. The van der Waals surface area contributed by atoms with E-state index in [9.17, 15) is 9.59 Å². The topological polar surface area (TPSA) is 61.4 Å². The van der Waals surface area contributed by atoms with Crippen molar-refractivity contribution >= 4 is 11.9 Å². The summed E-state index contributed by atoms with van der Waals surface area (Å²) >= 11 is 0. The second kappa shape index (κ2) is 8.25. The average Bonchev–Trinajstić information content (AvgIpc) is 2.49. The first kappa shape index (κ1) is 16.1. The standard InChI is InChI=1S/C16H29N3O2/c1-2-6-15(20)17-14-9-11-19(12-10-14)16(21)18-13-7-4-3-5-8-13/h13-14H,2-12H2,1H3,(H,17,20)(H,18,21). The number of hydrogen-bond acceptors (Lipinski definition) is 2. The van der Waals surface area contributed by atoms with Crippen LogP contribution in [0.15, 0.2) is 0 Å². The van der Waals surface area contributed by atoms with Crippen LogP contribution in [0.3, 0.4) is 0 Å². The average molecular weight is 295 g/mol. The molecule has 0 aromatic carbocycles. The second-order valence-corrected chi connectivity index (χ2v) is 6.36. The highest BCUT2D eigenvalue weighted by atomic mass is 16.2. The lowest BCUT2D eigenvalue weighted by molar-refractivity contribution is -0.122. The maximum absolute atomic E-state index is 12.2. The zero-order chi connectivity index (χ0) is 15.1. The van der Waals surface area contributed by atoms with Gasteiger partial charge < -0.3 is 15.5 Å². The van der Waals surface area contributed by atoms with Crippen LogP contribution in [0, 0.1) is 0 Å². The summed E-state index contributed by atoms with van der Waals surface area (Å²) in [6, 6.07) is 0.691. The van der Waals surface area contributed by atoms with Crippen molar-refractivity contribution in [1.29, 1.82) is 0 Å². The van der Waals surface area contributed by atoms with Gasteiger partial charge in [-0.3, -0.25) is 4.79 Å². The van der Waals surface area contributed by atoms with Gasteiger partial charge in [-0.1, -0.05) is 26.2 Å². The Balaban J connectivity index is 1.67. The molecule has 0 aromatic rings. The smallest absolute Gasteiger partial charge is 0.317 e. The van der Waals surface area contributed by atoms with Gasteiger partial charge in [0.25, 0.3) is 0 Å². The third-order valence-corrected chi connectivity index (χ3v) is 4.56. The van der Waals surface area contributed by atoms with Crippen LogP contribution in [0.25, 0.3) is 0 Å². The fraction of sp³-hybridized carbons (Fsp3) is 0.875. The third kappa shape index (κ3) is 5.21. The lowest BCUT2D eigenvalue weighted by atomic mass is 9.95. The first-order valence-corrected chi connectivity index (χ1v) is 8.54. The number of urea groups is 1. The molecule has 2 N–H and O–H groups in total. The first-order valence-electron chi connectivity index (χ1n) is 8.54. The van der Waals surface area contributed by atoms with Crippen molar-refractivity contribution in [2.75, 3.05) is 13.1 Å². The molecule has 5 nitrogen and oxygen atoms in total. The second-order valence-electron chi connectivity index (χ2n) is 6.36. The number of hydrogen-bond donors (Lipinski definition) is 2. The fourth-order valence-electron chi connectivity index (χ4n) is 3.27. The molecule has 2 aliphatic rings. The number of rotatable bonds is 4. The van der Waals surface area contributed by atoms with Crippen molar-refractivity contribution < 1.29 is 9.59 Å².